The zero-order valence-corrected chi connectivity index (χ0v) is 59.6. The molecule has 23 heteroatoms. The number of amides is 1. The molecule has 6 aliphatic carbocycles. The van der Waals surface area contributed by atoms with Gasteiger partial charge < -0.3 is 38.5 Å². The molecule has 10 atom stereocenters. The summed E-state index contributed by atoms with van der Waals surface area (Å²) < 4.78 is 75.0. The normalized spacial score (nSPS) is 35.3. The van der Waals surface area contributed by atoms with Gasteiger partial charge in [-0.2, -0.15) is 46.8 Å². The van der Waals surface area contributed by atoms with E-state index in [0.717, 1.165) is 89.9 Å². The van der Waals surface area contributed by atoms with Crippen molar-refractivity contribution < 1.29 is 79.9 Å². The Hall–Kier alpha value is -7.37. The Morgan fingerprint density at radius 1 is 0.525 bits per heavy atom. The van der Waals surface area contributed by atoms with E-state index in [9.17, 15) is 46.7 Å². The summed E-state index contributed by atoms with van der Waals surface area (Å²) in [6.07, 6.45) is 17.1. The van der Waals surface area contributed by atoms with Gasteiger partial charge in [-0.05, 0) is 149 Å². The highest BCUT2D eigenvalue weighted by atomic mass is 32.1. The SMILES string of the molecule is C=C1CC2(CC(C)CCC2C(C)(C)S)OC1=O.C=C1CC2(CCC(C#N)C(C#N)C2)OC1=O.C=C1CC2(CCC(C(F)(F)F)CC2)OC1=O.C=C1CC2(CCC(NC(=O)OC(C)(C)C)CC2)OC1=O.C=C1CC2(CCCCC2C#N)OC1=O.C=C1CC2(CCCCC2CCC#N)OC1=O. The maximum absolute atomic E-state index is 12.4. The predicted molar refractivity (Wildman–Crippen MR) is 361 cm³/mol. The van der Waals surface area contributed by atoms with E-state index >= 15 is 0 Å². The molecular weight excluding hydrogens is 1300 g/mol. The van der Waals surface area contributed by atoms with Crippen molar-refractivity contribution in [2.45, 2.75) is 290 Å². The highest BCUT2D eigenvalue weighted by Crippen LogP contribution is 2.54. The predicted octanol–water partition coefficient (Wildman–Crippen LogP) is 15.4. The van der Waals surface area contributed by atoms with E-state index in [-0.39, 0.29) is 94.1 Å². The highest BCUT2D eigenvalue weighted by Gasteiger charge is 2.57. The summed E-state index contributed by atoms with van der Waals surface area (Å²) in [6, 6.07) is 8.82. The number of halogens is 3. The number of carbonyl (C=O) groups excluding carboxylic acids is 7. The molecular formula is C76H100F3N5O14S. The van der Waals surface area contributed by atoms with Gasteiger partial charge in [-0.25, -0.2) is 33.6 Å². The van der Waals surface area contributed by atoms with Gasteiger partial charge in [0.25, 0.3) is 0 Å². The van der Waals surface area contributed by atoms with Gasteiger partial charge in [0, 0.05) is 107 Å². The number of hydrogen-bond donors (Lipinski definition) is 2. The lowest BCUT2D eigenvalue weighted by atomic mass is 9.65. The van der Waals surface area contributed by atoms with Crippen molar-refractivity contribution in [3.63, 3.8) is 0 Å². The van der Waals surface area contributed by atoms with Crippen LogP contribution in [-0.4, -0.2) is 98.1 Å². The zero-order valence-electron chi connectivity index (χ0n) is 58.7. The van der Waals surface area contributed by atoms with Gasteiger partial charge >= 0.3 is 48.1 Å². The van der Waals surface area contributed by atoms with Crippen LogP contribution in [0.15, 0.2) is 72.9 Å². The van der Waals surface area contributed by atoms with Crippen molar-refractivity contribution >= 4 is 54.5 Å². The van der Waals surface area contributed by atoms with Crippen LogP contribution in [0, 0.1) is 86.7 Å². The summed E-state index contributed by atoms with van der Waals surface area (Å²) in [6.45, 7) is 34.2. The minimum absolute atomic E-state index is 0.0457. The number of nitrogens with one attached hydrogen (secondary N) is 1. The fourth-order valence-corrected chi connectivity index (χ4v) is 17.3. The number of nitrogens with zero attached hydrogens (tertiary/aromatic N) is 4. The van der Waals surface area contributed by atoms with Gasteiger partial charge in [0.1, 0.15) is 39.2 Å². The van der Waals surface area contributed by atoms with Crippen molar-refractivity contribution in [1.29, 1.82) is 21.0 Å². The van der Waals surface area contributed by atoms with Crippen LogP contribution in [0.3, 0.4) is 0 Å². The molecule has 0 bridgehead atoms. The number of ether oxygens (including phenoxy) is 7. The van der Waals surface area contributed by atoms with Crippen molar-refractivity contribution in [1.82, 2.24) is 5.32 Å². The van der Waals surface area contributed by atoms with Gasteiger partial charge in [0.2, 0.25) is 0 Å². The Morgan fingerprint density at radius 2 is 0.960 bits per heavy atom. The van der Waals surface area contributed by atoms with Gasteiger partial charge in [-0.15, -0.1) is 0 Å². The second kappa shape index (κ2) is 31.7. The number of nitriles is 4. The third-order valence-electron chi connectivity index (χ3n) is 22.0. The molecule has 1 N–H and O–H groups in total. The number of carbonyl (C=O) groups is 7. The molecule has 99 heavy (non-hydrogen) atoms. The second-order valence-corrected chi connectivity index (χ2v) is 32.5. The first-order valence-corrected chi connectivity index (χ1v) is 35.5. The van der Waals surface area contributed by atoms with E-state index in [0.29, 0.717) is 128 Å². The molecule has 6 heterocycles. The molecule has 12 aliphatic rings. The average molecular weight is 1400 g/mol. The standard InChI is InChI=1S/C15H23NO4.C14H22O2S.C13H17NO2.C12H12N2O2.C11H13F3O2.C11H13NO2/c1-10-9-15(19-12(10)17)7-5-11(6-8-15)16-13(18)20-14(2,3)4;1-9-5-6-11(13(3,4)17)14(7-9)8-10(2)12(15)16-14;1-10-9-13(16-12(10)15)7-3-2-5-11(13)6-4-8-14;1-8-4-12(16-11(8)15)3-2-9(6-13)10(5-12)7-14;1-7-6-10(16-9(7)15)4-2-8(3-5-10)11(12,13)14;1-8-6-11(14-10(8)13)5-3-2-4-9(11)7-12/h11H,1,5-9H2,2-4H3,(H,16,18);9,11,17H,2,5-8H2,1,3-4H3;11H,1-7,9H2;9-10H,1-5H2;8H,1-6H2;9H,1-6H2. The molecule has 10 unspecified atom stereocenters. The lowest BCUT2D eigenvalue weighted by Gasteiger charge is -2.47. The number of rotatable bonds is 4. The molecule has 12 fully saturated rings. The van der Waals surface area contributed by atoms with Crippen LogP contribution in [0.2, 0.25) is 0 Å². The van der Waals surface area contributed by atoms with Crippen LogP contribution in [0.4, 0.5) is 18.0 Å². The molecule has 0 aromatic rings. The van der Waals surface area contributed by atoms with Gasteiger partial charge in [-0.1, -0.05) is 79.5 Å². The van der Waals surface area contributed by atoms with E-state index < -0.39 is 40.5 Å². The first-order chi connectivity index (χ1) is 46.2. The molecule has 1 amide bonds. The molecule has 0 radical (unpaired) electrons. The molecule has 19 nitrogen and oxygen atoms in total. The number of esters is 6. The smallest absolute Gasteiger partial charge is 0.407 e. The number of hydrogen-bond acceptors (Lipinski definition) is 19. The fourth-order valence-electron chi connectivity index (χ4n) is 17.0. The van der Waals surface area contributed by atoms with E-state index in [4.69, 9.17) is 66.8 Å². The minimum Gasteiger partial charge on any atom is -0.455 e. The van der Waals surface area contributed by atoms with Gasteiger partial charge in [0.05, 0.1) is 47.9 Å². The second-order valence-electron chi connectivity index (χ2n) is 31.4. The van der Waals surface area contributed by atoms with Crippen LogP contribution in [-0.2, 0) is 61.9 Å². The van der Waals surface area contributed by atoms with Crippen LogP contribution < -0.4 is 5.32 Å². The summed E-state index contributed by atoms with van der Waals surface area (Å²) in [7, 11) is 0. The summed E-state index contributed by atoms with van der Waals surface area (Å²) in [4.78, 5) is 80.1. The molecule has 6 aliphatic heterocycles. The van der Waals surface area contributed by atoms with E-state index in [2.05, 4.69) is 89.8 Å². The molecule has 0 aromatic carbocycles. The Bertz CT molecular complexity index is 3250. The molecule has 0 aromatic heterocycles. The quantitative estimate of drug-likeness (QED) is 0.114. The molecule has 6 spiro atoms. The monoisotopic (exact) mass is 1400 g/mol. The summed E-state index contributed by atoms with van der Waals surface area (Å²) >= 11 is 4.71. The van der Waals surface area contributed by atoms with Gasteiger partial charge in [0.15, 0.2) is 0 Å². The topological polar surface area (TPSA) is 291 Å². The summed E-state index contributed by atoms with van der Waals surface area (Å²) in [5.41, 5.74) is -0.114. The molecule has 540 valence electrons. The molecule has 6 saturated carbocycles. The minimum atomic E-state index is -4.12. The van der Waals surface area contributed by atoms with Crippen LogP contribution in [0.1, 0.15) is 234 Å². The maximum atomic E-state index is 12.4. The Labute approximate surface area is 587 Å². The highest BCUT2D eigenvalue weighted by molar-refractivity contribution is 7.81. The Balaban J connectivity index is 0.000000168. The number of alkyl carbamates (subject to hydrolysis) is 1. The largest absolute Gasteiger partial charge is 0.455 e. The summed E-state index contributed by atoms with van der Waals surface area (Å²) in [5.74, 6) is -2.51. The van der Waals surface area contributed by atoms with Crippen LogP contribution in [0.25, 0.3) is 0 Å². The molecule has 12 rings (SSSR count). The van der Waals surface area contributed by atoms with Crippen molar-refractivity contribution in [2.75, 3.05) is 0 Å². The molecule has 6 saturated heterocycles. The first-order valence-electron chi connectivity index (χ1n) is 35.0. The van der Waals surface area contributed by atoms with E-state index in [1.165, 1.54) is 12.8 Å². The van der Waals surface area contributed by atoms with Crippen LogP contribution in [0.5, 0.6) is 0 Å². The van der Waals surface area contributed by atoms with Crippen molar-refractivity contribution in [2.24, 2.45) is 41.4 Å². The Morgan fingerprint density at radius 3 is 1.38 bits per heavy atom. The maximum Gasteiger partial charge on any atom is 0.407 e. The van der Waals surface area contributed by atoms with Crippen molar-refractivity contribution in [3.05, 3.63) is 72.9 Å². The number of alkyl halides is 3. The fraction of sp³-hybridized carbons (Fsp3) is 0.697. The summed E-state index contributed by atoms with van der Waals surface area (Å²) in [5, 5.41) is 38.5. The lowest BCUT2D eigenvalue weighted by molar-refractivity contribution is -0.194. The van der Waals surface area contributed by atoms with Gasteiger partial charge in [-0.3, -0.25) is 0 Å². The lowest BCUT2D eigenvalue weighted by Crippen LogP contribution is -2.50. The van der Waals surface area contributed by atoms with E-state index in [1.807, 2.05) is 20.8 Å². The van der Waals surface area contributed by atoms with Crippen molar-refractivity contribution in [3.8, 4) is 24.3 Å². The third kappa shape index (κ3) is 19.6. The Kier molecular flexibility index (Phi) is 25.3. The third-order valence-corrected chi connectivity index (χ3v) is 22.3. The van der Waals surface area contributed by atoms with Crippen LogP contribution >= 0.6 is 12.6 Å². The first kappa shape index (κ1) is 79.0. The zero-order chi connectivity index (χ0) is 73.3. The van der Waals surface area contributed by atoms with E-state index in [1.54, 1.807) is 0 Å². The average Bonchev–Trinajstić information content (AvgIpc) is 1.67. The number of thiol groups is 1.